The van der Waals surface area contributed by atoms with E-state index >= 15 is 0 Å². The molecule has 0 aliphatic rings. The summed E-state index contributed by atoms with van der Waals surface area (Å²) in [5.74, 6) is 0.472. The predicted molar refractivity (Wildman–Crippen MR) is 541 cm³/mol. The summed E-state index contributed by atoms with van der Waals surface area (Å²) in [5.41, 5.74) is 45.3. The van der Waals surface area contributed by atoms with Gasteiger partial charge in [-0.25, -0.2) is 13.7 Å². The number of para-hydroxylation sites is 1. The molecule has 0 N–H and O–H groups in total. The SMILES string of the molecule is Cc1cc(C)c(C)c(-c2c3ccc(C(C)C)cc3cc[n+]2C)c1.Cc1cc(C)c(C)c(-c2c3ccccc3cc[n+]2C)c1.Cc1cc(C)c(C)c(-c2cc(C)c3c(C)cccc3[n+]2C)c1.Cc1cc(C)c(C)c(-c2ccc3ccccc3[n+]2C)c1.Cc1ccccc1-c1c2ccccc2cc[n+]1C.[2H]C([2H])(c1cccc2c1ccc(-c1cc(C)cc(C)c1C)[n+]2C)C(C)C. The Bertz CT molecular complexity index is 7320. The third kappa shape index (κ3) is 19.9. The van der Waals surface area contributed by atoms with Crippen molar-refractivity contribution in [2.45, 2.75) is 165 Å². The molecular weight excluding hydrogens is 1540 g/mol. The van der Waals surface area contributed by atoms with Crippen molar-refractivity contribution < 1.29 is 30.1 Å². The molecule has 0 atom stereocenters. The number of aromatic nitrogens is 6. The van der Waals surface area contributed by atoms with Crippen LogP contribution in [0, 0.1) is 131 Å². The lowest BCUT2D eigenvalue weighted by molar-refractivity contribution is -0.659. The summed E-state index contributed by atoms with van der Waals surface area (Å²) < 4.78 is 30.6. The Balaban J connectivity index is 0.000000133. The third-order valence-corrected chi connectivity index (χ3v) is 26.2. The standard InChI is InChI=1S/C23H28N.C22H26N.C21H24N.2C19H20N.C17H16N/c1-15(2)12-19-8-7-9-22-20(19)10-11-23(24(22)6)21-14-16(3)13-17(4)18(21)5;1-14(2)18-7-8-20-19(13-18)9-10-23(6)22(20)21-12-15(3)11-16(4)17(21)5;1-13-10-15(3)17(5)18(11-13)20-12-16(4)21-14(2)8-7-9-19(21)22(20)6;1-13-11-14(2)15(3)17(12-13)19-10-9-16-7-5-6-8-18(16)20(19)4;1-13-11-14(2)15(3)18(12-13)19-17-8-6-5-7-16(17)9-10-20(19)4;1-13-7-3-5-9-15(13)17-16-10-6-4-8-14(16)11-12-18(17)2/h7-11,13-15H,12H2,1-6H3;7-14H,1-6H3;7-12H,1-6H3;2*5-12H,1-4H3;3-12H,1-2H3/q6*+1/i12D2;;;;;. The van der Waals surface area contributed by atoms with Gasteiger partial charge in [0.05, 0.1) is 32.7 Å². The lowest BCUT2D eigenvalue weighted by atomic mass is 9.93. The molecule has 0 aliphatic carbocycles. The molecule has 0 bridgehead atoms. The van der Waals surface area contributed by atoms with E-state index in [0.29, 0.717) is 5.92 Å². The average Bonchev–Trinajstić information content (AvgIpc) is 0.738. The number of rotatable bonds is 9. The van der Waals surface area contributed by atoms with Crippen molar-refractivity contribution in [2.24, 2.45) is 48.2 Å². The molecule has 6 heterocycles. The van der Waals surface area contributed by atoms with Crippen LogP contribution in [-0.4, -0.2) is 0 Å². The first kappa shape index (κ1) is 88.9. The second-order valence-electron chi connectivity index (χ2n) is 36.5. The summed E-state index contributed by atoms with van der Waals surface area (Å²) >= 11 is 0. The Kier molecular flexibility index (Phi) is 27.5. The van der Waals surface area contributed by atoms with Crippen LogP contribution in [0.25, 0.3) is 133 Å². The van der Waals surface area contributed by atoms with Gasteiger partial charge in [-0.1, -0.05) is 189 Å². The molecule has 0 saturated heterocycles. The maximum Gasteiger partial charge on any atom is 0.220 e. The van der Waals surface area contributed by atoms with Gasteiger partial charge in [-0.2, -0.15) is 13.7 Å². The Morgan fingerprint density at radius 1 is 0.252 bits per heavy atom. The Morgan fingerprint density at radius 3 is 1.10 bits per heavy atom. The monoisotopic (exact) mass is 1670 g/mol. The Labute approximate surface area is 761 Å². The lowest BCUT2D eigenvalue weighted by Crippen LogP contribution is -2.32. The Morgan fingerprint density at radius 2 is 0.614 bits per heavy atom. The highest BCUT2D eigenvalue weighted by molar-refractivity contribution is 5.97. The normalized spacial score (nSPS) is 11.5. The van der Waals surface area contributed by atoms with Crippen LogP contribution in [0.3, 0.4) is 0 Å². The first-order valence-electron chi connectivity index (χ1n) is 46.2. The summed E-state index contributed by atoms with van der Waals surface area (Å²) in [6, 6.07) is 93.9. The van der Waals surface area contributed by atoms with Crippen molar-refractivity contribution in [1.29, 1.82) is 0 Å². The molecule has 0 saturated carbocycles. The van der Waals surface area contributed by atoms with Crippen LogP contribution < -0.4 is 27.4 Å². The maximum absolute atomic E-state index is 8.54. The van der Waals surface area contributed by atoms with Crippen molar-refractivity contribution in [3.05, 3.63) is 391 Å². The van der Waals surface area contributed by atoms with Gasteiger partial charge in [0.2, 0.25) is 50.7 Å². The van der Waals surface area contributed by atoms with Gasteiger partial charge in [0.15, 0.2) is 18.6 Å². The van der Waals surface area contributed by atoms with Crippen molar-refractivity contribution in [1.82, 2.24) is 0 Å². The average molecular weight is 1670 g/mol. The fourth-order valence-electron chi connectivity index (χ4n) is 18.7. The molecule has 6 heteroatoms. The predicted octanol–water partition coefficient (Wildman–Crippen LogP) is 27.9. The van der Waals surface area contributed by atoms with E-state index in [0.717, 1.165) is 22.2 Å². The van der Waals surface area contributed by atoms with E-state index < -0.39 is 6.37 Å². The van der Waals surface area contributed by atoms with Gasteiger partial charge in [0.1, 0.15) is 42.3 Å². The minimum absolute atomic E-state index is 0.0836. The number of hydrogen-bond donors (Lipinski definition) is 0. The minimum atomic E-state index is -1.36. The van der Waals surface area contributed by atoms with Crippen molar-refractivity contribution in [3.63, 3.8) is 0 Å². The molecule has 0 spiro atoms. The fraction of sp³-hybridized carbons (Fsp3) is 0.256. The topological polar surface area (TPSA) is 23.3 Å². The fourth-order valence-corrected chi connectivity index (χ4v) is 18.7. The van der Waals surface area contributed by atoms with E-state index in [1.54, 1.807) is 0 Å². The number of benzene rings is 12. The minimum Gasteiger partial charge on any atom is -0.200 e. The van der Waals surface area contributed by atoms with Crippen molar-refractivity contribution in [2.75, 3.05) is 0 Å². The lowest BCUT2D eigenvalue weighted by Gasteiger charge is -2.12. The first-order valence-corrected chi connectivity index (χ1v) is 45.2. The molecule has 18 aromatic rings. The first-order chi connectivity index (χ1) is 61.3. The highest BCUT2D eigenvalue weighted by Crippen LogP contribution is 2.37. The molecule has 0 aliphatic heterocycles. The van der Waals surface area contributed by atoms with Crippen molar-refractivity contribution >= 4 is 65.0 Å². The number of aryl methyl sites for hydroxylation is 19. The molecule has 0 amide bonds. The molecule has 0 radical (unpaired) electrons. The van der Waals surface area contributed by atoms with Crippen LogP contribution in [0.15, 0.2) is 279 Å². The van der Waals surface area contributed by atoms with Gasteiger partial charge in [-0.05, 0) is 315 Å². The maximum atomic E-state index is 8.54. The highest BCUT2D eigenvalue weighted by atomic mass is 15.0. The van der Waals surface area contributed by atoms with E-state index in [4.69, 9.17) is 2.74 Å². The zero-order valence-corrected chi connectivity index (χ0v) is 80.9. The molecule has 6 nitrogen and oxygen atoms in total. The van der Waals surface area contributed by atoms with Crippen LogP contribution in [0.2, 0.25) is 0 Å². The van der Waals surface area contributed by atoms with Gasteiger partial charge >= 0.3 is 0 Å². The highest BCUT2D eigenvalue weighted by Gasteiger charge is 2.26. The van der Waals surface area contributed by atoms with E-state index in [9.17, 15) is 0 Å². The third-order valence-electron chi connectivity index (χ3n) is 26.2. The van der Waals surface area contributed by atoms with Crippen LogP contribution >= 0.6 is 0 Å². The van der Waals surface area contributed by atoms with Crippen LogP contribution in [0.4, 0.5) is 0 Å². The summed E-state index contributed by atoms with van der Waals surface area (Å²) in [7, 11) is 12.8. The zero-order valence-electron chi connectivity index (χ0n) is 82.9. The molecule has 642 valence electrons. The largest absolute Gasteiger partial charge is 0.220 e. The molecule has 12 aromatic carbocycles. The summed E-state index contributed by atoms with van der Waals surface area (Å²) in [6.07, 6.45) is 5.10. The molecule has 0 fully saturated rings. The van der Waals surface area contributed by atoms with Crippen LogP contribution in [0.1, 0.15) is 148 Å². The summed E-state index contributed by atoms with van der Waals surface area (Å²) in [6.45, 7) is 47.7. The number of nitrogens with zero attached hydrogens (tertiary/aromatic N) is 6. The number of hydrogen-bond acceptors (Lipinski definition) is 0. The number of fused-ring (bicyclic) bond motifs is 6. The van der Waals surface area contributed by atoms with Gasteiger partial charge in [0.25, 0.3) is 0 Å². The van der Waals surface area contributed by atoms with E-state index in [2.05, 4.69) is 475 Å². The molecule has 127 heavy (non-hydrogen) atoms. The second-order valence-corrected chi connectivity index (χ2v) is 36.5. The van der Waals surface area contributed by atoms with E-state index in [1.807, 2.05) is 26.0 Å². The molecule has 6 aromatic heterocycles. The molecular formula is C121H134N6+6. The second kappa shape index (κ2) is 39.3. The quantitative estimate of drug-likeness (QED) is 0.129. The Hall–Kier alpha value is -12.9. The zero-order chi connectivity index (χ0) is 93.0. The van der Waals surface area contributed by atoms with Crippen LogP contribution in [-0.2, 0) is 48.7 Å². The smallest absolute Gasteiger partial charge is 0.200 e. The summed E-state index contributed by atoms with van der Waals surface area (Å²) in [4.78, 5) is 0. The molecule has 18 rings (SSSR count). The number of pyridine rings is 6. The van der Waals surface area contributed by atoms with Crippen molar-refractivity contribution in [3.8, 4) is 67.5 Å². The van der Waals surface area contributed by atoms with Gasteiger partial charge < -0.3 is 0 Å². The van der Waals surface area contributed by atoms with Gasteiger partial charge in [0, 0.05) is 90.4 Å². The van der Waals surface area contributed by atoms with E-state index in [1.165, 1.54) is 222 Å². The summed E-state index contributed by atoms with van der Waals surface area (Å²) in [5, 5.41) is 11.5. The van der Waals surface area contributed by atoms with Crippen LogP contribution in [0.5, 0.6) is 0 Å². The van der Waals surface area contributed by atoms with Gasteiger partial charge in [-0.15, -0.1) is 0 Å². The molecule has 0 unspecified atom stereocenters. The van der Waals surface area contributed by atoms with Gasteiger partial charge in [-0.3, -0.25) is 0 Å². The van der Waals surface area contributed by atoms with E-state index in [-0.39, 0.29) is 5.92 Å².